The summed E-state index contributed by atoms with van der Waals surface area (Å²) in [6.45, 7) is 10.2. The van der Waals surface area contributed by atoms with Crippen LogP contribution >= 0.6 is 0 Å². The second kappa shape index (κ2) is 6.89. The Morgan fingerprint density at radius 1 is 1.24 bits per heavy atom. The van der Waals surface area contributed by atoms with Crippen LogP contribution in [-0.4, -0.2) is 46.4 Å². The highest BCUT2D eigenvalue weighted by Crippen LogP contribution is 2.25. The van der Waals surface area contributed by atoms with Gasteiger partial charge in [0.05, 0.1) is 11.7 Å². The third kappa shape index (κ3) is 4.70. The number of ether oxygens (including phenoxy) is 2. The molecule has 21 heavy (non-hydrogen) atoms. The molecule has 0 bridgehead atoms. The lowest BCUT2D eigenvalue weighted by atomic mass is 10.0. The fourth-order valence-electron chi connectivity index (χ4n) is 2.18. The molecule has 0 amide bonds. The van der Waals surface area contributed by atoms with Gasteiger partial charge in [-0.3, -0.25) is 0 Å². The lowest BCUT2D eigenvalue weighted by Crippen LogP contribution is -2.33. The van der Waals surface area contributed by atoms with Crippen molar-refractivity contribution in [1.82, 2.24) is 15.0 Å². The average Bonchev–Trinajstić information content (AvgIpc) is 2.83. The fraction of sp³-hybridized carbons (Fsp3) is 0.786. The van der Waals surface area contributed by atoms with Gasteiger partial charge in [-0.15, -0.1) is 0 Å². The minimum atomic E-state index is -0.149. The van der Waals surface area contributed by atoms with Crippen molar-refractivity contribution < 1.29 is 9.47 Å². The highest BCUT2D eigenvalue weighted by atomic mass is 16.5. The third-order valence-electron chi connectivity index (χ3n) is 3.21. The minimum absolute atomic E-state index is 0.0189. The molecule has 7 heteroatoms. The van der Waals surface area contributed by atoms with Crippen LogP contribution in [0, 0.1) is 0 Å². The third-order valence-corrected chi connectivity index (χ3v) is 3.21. The summed E-state index contributed by atoms with van der Waals surface area (Å²) in [4.78, 5) is 12.9. The molecule has 2 heterocycles. The van der Waals surface area contributed by atoms with Crippen molar-refractivity contribution >= 4 is 11.9 Å². The van der Waals surface area contributed by atoms with Crippen molar-refractivity contribution in [1.29, 1.82) is 0 Å². The monoisotopic (exact) mass is 295 g/mol. The summed E-state index contributed by atoms with van der Waals surface area (Å²) < 4.78 is 11.3. The summed E-state index contributed by atoms with van der Waals surface area (Å²) in [5, 5.41) is 6.32. The lowest BCUT2D eigenvalue weighted by molar-refractivity contribution is 0.0314. The molecule has 118 valence electrons. The maximum absolute atomic E-state index is 5.75. The van der Waals surface area contributed by atoms with Crippen molar-refractivity contribution in [3.05, 3.63) is 0 Å². The van der Waals surface area contributed by atoms with E-state index in [1.54, 1.807) is 0 Å². The molecule has 2 rings (SSSR count). The molecule has 1 aliphatic heterocycles. The molecule has 2 N–H and O–H groups in total. The van der Waals surface area contributed by atoms with Gasteiger partial charge in [0.25, 0.3) is 0 Å². The van der Waals surface area contributed by atoms with Gasteiger partial charge in [0, 0.05) is 19.7 Å². The summed E-state index contributed by atoms with van der Waals surface area (Å²) >= 11 is 0. The van der Waals surface area contributed by atoms with Crippen LogP contribution in [-0.2, 0) is 4.74 Å². The number of anilines is 2. The number of hydrogen-bond acceptors (Lipinski definition) is 7. The molecule has 1 aromatic heterocycles. The van der Waals surface area contributed by atoms with E-state index in [-0.39, 0.29) is 11.7 Å². The van der Waals surface area contributed by atoms with Crippen LogP contribution in [0.5, 0.6) is 6.01 Å². The smallest absolute Gasteiger partial charge is 0.323 e. The van der Waals surface area contributed by atoms with E-state index >= 15 is 0 Å². The van der Waals surface area contributed by atoms with E-state index in [9.17, 15) is 0 Å². The van der Waals surface area contributed by atoms with E-state index in [1.807, 2.05) is 20.8 Å². The van der Waals surface area contributed by atoms with E-state index in [4.69, 9.17) is 9.47 Å². The van der Waals surface area contributed by atoms with Gasteiger partial charge in [0.2, 0.25) is 11.9 Å². The van der Waals surface area contributed by atoms with E-state index < -0.39 is 0 Å². The van der Waals surface area contributed by atoms with E-state index in [0.717, 1.165) is 26.0 Å². The zero-order chi connectivity index (χ0) is 15.3. The first-order chi connectivity index (χ1) is 10.0. The molecule has 0 aromatic carbocycles. The first-order valence-corrected chi connectivity index (χ1v) is 7.55. The van der Waals surface area contributed by atoms with E-state index in [2.05, 4.69) is 32.5 Å². The van der Waals surface area contributed by atoms with Gasteiger partial charge in [0.1, 0.15) is 0 Å². The molecule has 1 aliphatic rings. The standard InChI is InChI=1S/C14H25N5O2/c1-5-15-11-17-12(19-13(18-11)21-10(2)3)16-9-14(4)7-6-8-20-14/h10H,5-9H2,1-4H3,(H2,15,16,17,18,19). The Morgan fingerprint density at radius 2 is 1.95 bits per heavy atom. The Bertz CT molecular complexity index is 461. The molecular weight excluding hydrogens is 270 g/mol. The molecule has 0 saturated carbocycles. The van der Waals surface area contributed by atoms with E-state index in [1.165, 1.54) is 0 Å². The first kappa shape index (κ1) is 15.8. The molecule has 0 spiro atoms. The predicted octanol–water partition coefficient (Wildman–Crippen LogP) is 2.07. The van der Waals surface area contributed by atoms with Crippen LogP contribution in [0.1, 0.15) is 40.5 Å². The highest BCUT2D eigenvalue weighted by molar-refractivity contribution is 5.36. The van der Waals surface area contributed by atoms with Gasteiger partial charge in [-0.2, -0.15) is 15.0 Å². The molecule has 1 unspecified atom stereocenters. The van der Waals surface area contributed by atoms with E-state index in [0.29, 0.717) is 24.5 Å². The molecule has 1 saturated heterocycles. The number of nitrogens with one attached hydrogen (secondary N) is 2. The summed E-state index contributed by atoms with van der Waals surface area (Å²) in [7, 11) is 0. The SMILES string of the molecule is CCNc1nc(NCC2(C)CCCO2)nc(OC(C)C)n1. The zero-order valence-corrected chi connectivity index (χ0v) is 13.3. The number of rotatable bonds is 7. The Balaban J connectivity index is 2.07. The van der Waals surface area contributed by atoms with Crippen molar-refractivity contribution in [3.8, 4) is 6.01 Å². The first-order valence-electron chi connectivity index (χ1n) is 7.55. The highest BCUT2D eigenvalue weighted by Gasteiger charge is 2.29. The second-order valence-corrected chi connectivity index (χ2v) is 5.72. The van der Waals surface area contributed by atoms with Crippen LogP contribution < -0.4 is 15.4 Å². The molecular formula is C14H25N5O2. The van der Waals surface area contributed by atoms with Crippen molar-refractivity contribution in [2.45, 2.75) is 52.2 Å². The van der Waals surface area contributed by atoms with Crippen molar-refractivity contribution in [3.63, 3.8) is 0 Å². The summed E-state index contributed by atoms with van der Waals surface area (Å²) in [6, 6.07) is 0.330. The molecule has 1 aromatic rings. The molecule has 1 atom stereocenters. The number of hydrogen-bond donors (Lipinski definition) is 2. The largest absolute Gasteiger partial charge is 0.461 e. The maximum Gasteiger partial charge on any atom is 0.323 e. The Labute approximate surface area is 125 Å². The molecule has 7 nitrogen and oxygen atoms in total. The maximum atomic E-state index is 5.75. The van der Waals surface area contributed by atoms with Gasteiger partial charge in [-0.05, 0) is 40.5 Å². The molecule has 0 radical (unpaired) electrons. The summed E-state index contributed by atoms with van der Waals surface area (Å²) in [6.07, 6.45) is 2.16. The Kier molecular flexibility index (Phi) is 5.17. The van der Waals surface area contributed by atoms with Crippen LogP contribution in [0.15, 0.2) is 0 Å². The van der Waals surface area contributed by atoms with Gasteiger partial charge < -0.3 is 20.1 Å². The van der Waals surface area contributed by atoms with Crippen LogP contribution in [0.4, 0.5) is 11.9 Å². The normalized spacial score (nSPS) is 21.6. The molecule has 1 fully saturated rings. The molecule has 0 aliphatic carbocycles. The Hall–Kier alpha value is -1.63. The fourth-order valence-corrected chi connectivity index (χ4v) is 2.18. The average molecular weight is 295 g/mol. The number of aromatic nitrogens is 3. The van der Waals surface area contributed by atoms with Crippen molar-refractivity contribution in [2.24, 2.45) is 0 Å². The number of nitrogens with zero attached hydrogens (tertiary/aromatic N) is 3. The van der Waals surface area contributed by atoms with Crippen LogP contribution in [0.2, 0.25) is 0 Å². The topological polar surface area (TPSA) is 81.2 Å². The quantitative estimate of drug-likeness (QED) is 0.797. The summed E-state index contributed by atoms with van der Waals surface area (Å²) in [5.41, 5.74) is -0.149. The van der Waals surface area contributed by atoms with Crippen molar-refractivity contribution in [2.75, 3.05) is 30.3 Å². The zero-order valence-electron chi connectivity index (χ0n) is 13.3. The second-order valence-electron chi connectivity index (χ2n) is 5.72. The van der Waals surface area contributed by atoms with Crippen LogP contribution in [0.25, 0.3) is 0 Å². The van der Waals surface area contributed by atoms with Gasteiger partial charge in [-0.1, -0.05) is 0 Å². The summed E-state index contributed by atoms with van der Waals surface area (Å²) in [5.74, 6) is 1.02. The van der Waals surface area contributed by atoms with Gasteiger partial charge in [0.15, 0.2) is 0 Å². The van der Waals surface area contributed by atoms with Gasteiger partial charge in [-0.25, -0.2) is 0 Å². The lowest BCUT2D eigenvalue weighted by Gasteiger charge is -2.23. The Morgan fingerprint density at radius 3 is 2.52 bits per heavy atom. The minimum Gasteiger partial charge on any atom is -0.461 e. The predicted molar refractivity (Wildman–Crippen MR) is 81.8 cm³/mol. The van der Waals surface area contributed by atoms with Crippen LogP contribution in [0.3, 0.4) is 0 Å². The van der Waals surface area contributed by atoms with Gasteiger partial charge >= 0.3 is 6.01 Å².